The molecule has 468 valence electrons. The molecule has 0 bridgehead atoms. The lowest BCUT2D eigenvalue weighted by Crippen LogP contribution is -1.92. The van der Waals surface area contributed by atoms with Crippen LogP contribution in [0.4, 0.5) is 0 Å². The molecule has 0 N–H and O–H groups in total. The Morgan fingerprint density at radius 1 is 0.258 bits per heavy atom. The number of thiophene rings is 1. The van der Waals surface area contributed by atoms with Gasteiger partial charge in [0.2, 0.25) is 0 Å². The highest BCUT2D eigenvalue weighted by Gasteiger charge is 2.14. The van der Waals surface area contributed by atoms with Crippen molar-refractivity contribution in [2.75, 3.05) is 0 Å². The summed E-state index contributed by atoms with van der Waals surface area (Å²) in [6.45, 7) is 10.7. The lowest BCUT2D eigenvalue weighted by molar-refractivity contribution is 0.666. The highest BCUT2D eigenvalue weighted by Crippen LogP contribution is 2.38. The number of furan rings is 1. The van der Waals surface area contributed by atoms with Crippen LogP contribution in [0.1, 0.15) is 27.8 Å². The number of hydrogen-bond acceptors (Lipinski definition) is 2. The summed E-state index contributed by atoms with van der Waals surface area (Å²) in [5.74, 6) is 0. The second kappa shape index (κ2) is 26.9. The predicted octanol–water partition coefficient (Wildman–Crippen LogP) is 26.1. The second-order valence-electron chi connectivity index (χ2n) is 25.1. The van der Waals surface area contributed by atoms with Gasteiger partial charge in [-0.1, -0.05) is 266 Å². The van der Waals surface area contributed by atoms with E-state index in [1.165, 1.54) is 157 Å². The van der Waals surface area contributed by atoms with Crippen molar-refractivity contribution in [1.29, 1.82) is 0 Å². The molecule has 0 spiro atoms. The van der Waals surface area contributed by atoms with E-state index in [0.29, 0.717) is 0 Å². The van der Waals surface area contributed by atoms with Crippen molar-refractivity contribution in [1.82, 2.24) is 13.7 Å². The van der Waals surface area contributed by atoms with Gasteiger partial charge in [0.05, 0.1) is 22.1 Å². The number of para-hydroxylation sites is 8. The highest BCUT2D eigenvalue weighted by atomic mass is 32.1. The molecule has 0 saturated heterocycles. The van der Waals surface area contributed by atoms with Gasteiger partial charge in [0.15, 0.2) is 0 Å². The summed E-state index contributed by atoms with van der Waals surface area (Å²) in [5.41, 5.74) is 18.5. The van der Waals surface area contributed by atoms with E-state index in [2.05, 4.69) is 371 Å². The van der Waals surface area contributed by atoms with Crippen LogP contribution in [0, 0.1) is 34.6 Å². The SMILES string of the molecule is Cc1ccc2c(c1)c1ccccc1n2-c1ccccc1.Cc1ccc2c3ccccc3n(-c3ccccc3)c2c1.Cc1ccc2ccc3ccccc3c2c1.Cc1cccc2c1oc1ccccc12.Cc1cccc2c1sc1ccccc12.Cn1c2ccccc2c2ccccc21. The van der Waals surface area contributed by atoms with Crippen molar-refractivity contribution in [2.45, 2.75) is 34.6 Å². The average Bonchev–Trinajstić information content (AvgIpc) is 1.61. The van der Waals surface area contributed by atoms with Crippen molar-refractivity contribution in [3.63, 3.8) is 0 Å². The highest BCUT2D eigenvalue weighted by molar-refractivity contribution is 7.26. The summed E-state index contributed by atoms with van der Waals surface area (Å²) in [5, 5.41) is 18.5. The maximum Gasteiger partial charge on any atom is 0.138 e. The number of nitrogens with zero attached hydrogens (tertiary/aromatic N) is 3. The zero-order chi connectivity index (χ0) is 65.9. The molecule has 5 heterocycles. The fraction of sp³-hybridized carbons (Fsp3) is 0.0652. The Balaban J connectivity index is 0.0000000959. The van der Waals surface area contributed by atoms with Crippen molar-refractivity contribution in [3.8, 4) is 11.4 Å². The number of aromatic nitrogens is 3. The molecular formula is C92H73N3OS. The summed E-state index contributed by atoms with van der Waals surface area (Å²) >= 11 is 1.89. The minimum absolute atomic E-state index is 0.969. The van der Waals surface area contributed by atoms with Gasteiger partial charge in [-0.15, -0.1) is 11.3 Å². The van der Waals surface area contributed by atoms with E-state index in [0.717, 1.165) is 11.2 Å². The molecule has 5 heteroatoms. The second-order valence-corrected chi connectivity index (χ2v) is 26.2. The van der Waals surface area contributed by atoms with E-state index in [-0.39, 0.29) is 0 Å². The van der Waals surface area contributed by atoms with Gasteiger partial charge in [-0.2, -0.15) is 0 Å². The minimum atomic E-state index is 0.969. The topological polar surface area (TPSA) is 27.9 Å². The molecule has 0 unspecified atom stereocenters. The summed E-state index contributed by atoms with van der Waals surface area (Å²) < 4.78 is 15.5. The molecule has 0 aliphatic rings. The van der Waals surface area contributed by atoms with Gasteiger partial charge < -0.3 is 18.1 Å². The minimum Gasteiger partial charge on any atom is -0.456 e. The van der Waals surface area contributed by atoms with Gasteiger partial charge >= 0.3 is 0 Å². The Morgan fingerprint density at radius 3 is 1.32 bits per heavy atom. The number of hydrogen-bond donors (Lipinski definition) is 0. The first kappa shape index (κ1) is 61.4. The third kappa shape index (κ3) is 12.1. The summed E-state index contributed by atoms with van der Waals surface area (Å²) in [4.78, 5) is 0. The van der Waals surface area contributed by atoms with Crippen molar-refractivity contribution in [3.05, 3.63) is 361 Å². The molecule has 4 nitrogen and oxygen atoms in total. The van der Waals surface area contributed by atoms with Gasteiger partial charge in [-0.05, 0) is 152 Å². The van der Waals surface area contributed by atoms with Crippen molar-refractivity contribution >= 4 is 140 Å². The smallest absolute Gasteiger partial charge is 0.138 e. The zero-order valence-corrected chi connectivity index (χ0v) is 56.2. The quantitative estimate of drug-likeness (QED) is 0.159. The van der Waals surface area contributed by atoms with Crippen LogP contribution < -0.4 is 0 Å². The van der Waals surface area contributed by atoms with Gasteiger partial charge in [0.1, 0.15) is 11.2 Å². The Kier molecular flexibility index (Phi) is 17.0. The van der Waals surface area contributed by atoms with Crippen LogP contribution >= 0.6 is 11.3 Å². The van der Waals surface area contributed by atoms with E-state index in [1.807, 2.05) is 29.5 Å². The lowest BCUT2D eigenvalue weighted by atomic mass is 10.0. The standard InChI is InChI=1S/2C19H15N.C15H12.C13H11N.C13H10O.C13H10S/c1-14-11-12-19-17(13-14)16-9-5-6-10-18(16)20(19)15-7-3-2-4-8-15;1-14-11-12-17-16-9-5-6-10-18(16)20(19(17)13-14)15-7-3-2-4-8-15;1-11-6-7-13-9-8-12-4-2-3-5-14(12)15(13)10-11;1-14-12-8-4-2-6-10(12)11-7-3-5-9-13(11)14;2*1-9-5-4-7-11-10-6-2-3-8-12(10)14-13(9)11/h2*2-13H,1H3;2-10H,1H3;2-9H,1H3;2*2-8H,1H3. The first-order valence-corrected chi connectivity index (χ1v) is 34.1. The maximum absolute atomic E-state index is 5.78. The third-order valence-corrected chi connectivity index (χ3v) is 19.9. The van der Waals surface area contributed by atoms with Gasteiger partial charge in [-0.3, -0.25) is 0 Å². The van der Waals surface area contributed by atoms with Gasteiger partial charge in [0.25, 0.3) is 0 Å². The molecule has 97 heavy (non-hydrogen) atoms. The van der Waals surface area contributed by atoms with Gasteiger partial charge in [0, 0.05) is 92.7 Å². The van der Waals surface area contributed by atoms with Crippen molar-refractivity contribution < 1.29 is 4.42 Å². The third-order valence-electron chi connectivity index (χ3n) is 18.6. The lowest BCUT2D eigenvalue weighted by Gasteiger charge is -2.07. The van der Waals surface area contributed by atoms with Crippen LogP contribution in [0.5, 0.6) is 0 Å². The summed E-state index contributed by atoms with van der Waals surface area (Å²) in [7, 11) is 2.12. The van der Waals surface area contributed by atoms with Crippen LogP contribution in [0.25, 0.3) is 140 Å². The number of rotatable bonds is 2. The first-order valence-electron chi connectivity index (χ1n) is 33.3. The molecule has 0 saturated carbocycles. The number of fused-ring (bicyclic) bond motifs is 18. The van der Waals surface area contributed by atoms with Crippen LogP contribution in [-0.2, 0) is 7.05 Å². The fourth-order valence-electron chi connectivity index (χ4n) is 13.9. The maximum atomic E-state index is 5.78. The van der Waals surface area contributed by atoms with Crippen LogP contribution in [0.3, 0.4) is 0 Å². The number of benzene rings is 15. The largest absolute Gasteiger partial charge is 0.456 e. The molecule has 0 aliphatic heterocycles. The van der Waals surface area contributed by atoms with E-state index < -0.39 is 0 Å². The zero-order valence-electron chi connectivity index (χ0n) is 55.4. The van der Waals surface area contributed by atoms with E-state index in [1.54, 1.807) is 0 Å². The molecular weight excluding hydrogens is 1200 g/mol. The number of aryl methyl sites for hydroxylation is 6. The summed E-state index contributed by atoms with van der Waals surface area (Å²) in [6, 6.07) is 118. The first-order chi connectivity index (χ1) is 47.6. The van der Waals surface area contributed by atoms with Gasteiger partial charge in [-0.25, -0.2) is 0 Å². The summed E-state index contributed by atoms with van der Waals surface area (Å²) in [6.07, 6.45) is 0. The molecule has 5 aromatic heterocycles. The fourth-order valence-corrected chi connectivity index (χ4v) is 15.1. The van der Waals surface area contributed by atoms with Crippen LogP contribution in [0.15, 0.2) is 338 Å². The predicted molar refractivity (Wildman–Crippen MR) is 420 cm³/mol. The molecule has 0 aliphatic carbocycles. The molecule has 0 atom stereocenters. The Bertz CT molecular complexity index is 6040. The average molecular weight is 1270 g/mol. The molecule has 0 radical (unpaired) electrons. The molecule has 20 aromatic rings. The molecule has 20 rings (SSSR count). The van der Waals surface area contributed by atoms with E-state index in [4.69, 9.17) is 4.42 Å². The van der Waals surface area contributed by atoms with Crippen molar-refractivity contribution in [2.24, 2.45) is 7.05 Å². The van der Waals surface area contributed by atoms with Crippen LogP contribution in [0.2, 0.25) is 0 Å². The monoisotopic (exact) mass is 1270 g/mol. The Labute approximate surface area is 569 Å². The van der Waals surface area contributed by atoms with E-state index in [9.17, 15) is 0 Å². The molecule has 0 fully saturated rings. The Morgan fingerprint density at radius 2 is 0.670 bits per heavy atom. The molecule has 0 amide bonds. The van der Waals surface area contributed by atoms with Crippen LogP contribution in [-0.4, -0.2) is 13.7 Å². The van der Waals surface area contributed by atoms with E-state index >= 15 is 0 Å². The Hall–Kier alpha value is -11.8. The molecule has 15 aromatic carbocycles. The normalized spacial score (nSPS) is 11.2.